The molecule has 0 bridgehead atoms. The summed E-state index contributed by atoms with van der Waals surface area (Å²) in [6, 6.07) is 12.4. The normalized spacial score (nSPS) is 17.8. The van der Waals surface area contributed by atoms with Gasteiger partial charge in [0.15, 0.2) is 0 Å². The van der Waals surface area contributed by atoms with Crippen molar-refractivity contribution in [3.8, 4) is 5.75 Å². The zero-order valence-corrected chi connectivity index (χ0v) is 20.2. The lowest BCUT2D eigenvalue weighted by molar-refractivity contribution is -0.140. The van der Waals surface area contributed by atoms with Crippen LogP contribution in [0.1, 0.15) is 49.1 Å². The van der Waals surface area contributed by atoms with Crippen LogP contribution in [0.5, 0.6) is 5.75 Å². The van der Waals surface area contributed by atoms with Gasteiger partial charge in [-0.05, 0) is 63.2 Å². The third kappa shape index (κ3) is 5.11. The molecule has 2 aromatic rings. The fraction of sp³-hybridized carbons (Fsp3) is 0.407. The summed E-state index contributed by atoms with van der Waals surface area (Å²) in [6.07, 6.45) is 0. The summed E-state index contributed by atoms with van der Waals surface area (Å²) in [4.78, 5) is 30.1. The molecule has 0 radical (unpaired) electrons. The van der Waals surface area contributed by atoms with E-state index in [-0.39, 0.29) is 11.3 Å². The maximum absolute atomic E-state index is 13.2. The number of hydrogen-bond donors (Lipinski definition) is 1. The van der Waals surface area contributed by atoms with Crippen molar-refractivity contribution in [3.05, 3.63) is 70.3 Å². The zero-order chi connectivity index (χ0) is 24.1. The van der Waals surface area contributed by atoms with Gasteiger partial charge in [-0.2, -0.15) is 0 Å². The Morgan fingerprint density at radius 2 is 1.70 bits per heavy atom. The van der Waals surface area contributed by atoms with Gasteiger partial charge in [0.05, 0.1) is 18.2 Å². The van der Waals surface area contributed by atoms with Gasteiger partial charge in [-0.15, -0.1) is 0 Å². The van der Waals surface area contributed by atoms with Crippen LogP contribution in [0.4, 0.5) is 0 Å². The predicted molar refractivity (Wildman–Crippen MR) is 130 cm³/mol. The largest absolute Gasteiger partial charge is 0.507 e. The van der Waals surface area contributed by atoms with Crippen molar-refractivity contribution in [2.45, 2.75) is 40.7 Å². The number of ether oxygens (including phenoxy) is 1. The lowest BCUT2D eigenvalue weighted by Gasteiger charge is -2.28. The number of likely N-dealkylation sites (N-methyl/N-ethyl adjacent to an activating group) is 1. The quantitative estimate of drug-likeness (QED) is 0.347. The van der Waals surface area contributed by atoms with Crippen LogP contribution in [0.25, 0.3) is 5.76 Å². The highest BCUT2D eigenvalue weighted by atomic mass is 16.5. The molecule has 1 N–H and O–H groups in total. The first-order valence-electron chi connectivity index (χ1n) is 11.6. The third-order valence-electron chi connectivity index (χ3n) is 6.23. The number of ketones is 1. The van der Waals surface area contributed by atoms with Gasteiger partial charge in [0.25, 0.3) is 11.7 Å². The van der Waals surface area contributed by atoms with Crippen molar-refractivity contribution < 1.29 is 19.4 Å². The molecule has 176 valence electrons. The first kappa shape index (κ1) is 24.5. The number of hydrogen-bond acceptors (Lipinski definition) is 5. The van der Waals surface area contributed by atoms with Gasteiger partial charge in [-0.1, -0.05) is 43.7 Å². The third-order valence-corrected chi connectivity index (χ3v) is 6.23. The van der Waals surface area contributed by atoms with Crippen molar-refractivity contribution >= 4 is 17.4 Å². The molecule has 6 heteroatoms. The smallest absolute Gasteiger partial charge is 0.295 e. The average Bonchev–Trinajstić information content (AvgIpc) is 3.06. The summed E-state index contributed by atoms with van der Waals surface area (Å²) in [6.45, 7) is 13.3. The Hall–Kier alpha value is -3.12. The number of aliphatic hydroxyl groups is 1. The lowest BCUT2D eigenvalue weighted by Crippen LogP contribution is -2.38. The molecule has 0 aromatic heterocycles. The Bertz CT molecular complexity index is 1040. The number of carbonyl (C=O) groups is 2. The number of Topliss-reactive ketones (excluding diaryl/α,β-unsaturated/α-hetero) is 1. The minimum atomic E-state index is -0.649. The molecule has 1 saturated heterocycles. The minimum absolute atomic E-state index is 0.131. The number of likely N-dealkylation sites (tertiary alicyclic amines) is 1. The van der Waals surface area contributed by atoms with E-state index in [1.165, 1.54) is 0 Å². The predicted octanol–water partition coefficient (Wildman–Crippen LogP) is 4.47. The van der Waals surface area contributed by atoms with Crippen LogP contribution in [0, 0.1) is 13.8 Å². The highest BCUT2D eigenvalue weighted by molar-refractivity contribution is 6.46. The standard InChI is InChI=1S/C27H34N2O4/c1-6-28(7-2)15-16-29-24(20-11-9-18(4)10-12-20)23(26(31)27(29)32)25(30)21-13-14-22(33-8-3)19(5)17-21/h9-14,17,24,30H,6-8,15-16H2,1-5H3/b25-23-. The Balaban J connectivity index is 2.09. The zero-order valence-electron chi connectivity index (χ0n) is 20.2. The number of carbonyl (C=O) groups excluding carboxylic acids is 2. The van der Waals surface area contributed by atoms with E-state index in [2.05, 4.69) is 18.7 Å². The molecule has 1 atom stereocenters. The van der Waals surface area contributed by atoms with Crippen LogP contribution < -0.4 is 4.74 Å². The first-order chi connectivity index (χ1) is 15.8. The Kier molecular flexibility index (Phi) is 7.92. The van der Waals surface area contributed by atoms with E-state index >= 15 is 0 Å². The van der Waals surface area contributed by atoms with Gasteiger partial charge >= 0.3 is 0 Å². The average molecular weight is 451 g/mol. The second-order valence-electron chi connectivity index (χ2n) is 8.34. The maximum Gasteiger partial charge on any atom is 0.295 e. The first-order valence-corrected chi connectivity index (χ1v) is 11.6. The maximum atomic E-state index is 13.2. The number of amides is 1. The summed E-state index contributed by atoms with van der Waals surface area (Å²) in [5.41, 5.74) is 3.37. The summed E-state index contributed by atoms with van der Waals surface area (Å²) < 4.78 is 5.60. The molecule has 1 aliphatic rings. The van der Waals surface area contributed by atoms with Gasteiger partial charge in [0.1, 0.15) is 11.5 Å². The summed E-state index contributed by atoms with van der Waals surface area (Å²) in [5.74, 6) is -0.652. The highest BCUT2D eigenvalue weighted by Gasteiger charge is 2.45. The van der Waals surface area contributed by atoms with E-state index in [1.54, 1.807) is 23.1 Å². The molecular formula is C27H34N2O4. The molecule has 1 unspecified atom stereocenters. The Morgan fingerprint density at radius 3 is 2.27 bits per heavy atom. The Morgan fingerprint density at radius 1 is 1.03 bits per heavy atom. The number of nitrogens with zero attached hydrogens (tertiary/aromatic N) is 2. The van der Waals surface area contributed by atoms with Crippen molar-refractivity contribution in [1.82, 2.24) is 9.80 Å². The minimum Gasteiger partial charge on any atom is -0.507 e. The molecule has 3 rings (SSSR count). The lowest BCUT2D eigenvalue weighted by atomic mass is 9.94. The molecule has 1 heterocycles. The van der Waals surface area contributed by atoms with Crippen molar-refractivity contribution in [2.24, 2.45) is 0 Å². The summed E-state index contributed by atoms with van der Waals surface area (Å²) >= 11 is 0. The molecule has 33 heavy (non-hydrogen) atoms. The Labute approximate surface area is 196 Å². The van der Waals surface area contributed by atoms with Crippen molar-refractivity contribution in [1.29, 1.82) is 0 Å². The molecular weight excluding hydrogens is 416 g/mol. The number of rotatable bonds is 9. The molecule has 2 aromatic carbocycles. The van der Waals surface area contributed by atoms with E-state index in [0.29, 0.717) is 25.3 Å². The second kappa shape index (κ2) is 10.7. The summed E-state index contributed by atoms with van der Waals surface area (Å²) in [5, 5.41) is 11.3. The van der Waals surface area contributed by atoms with Gasteiger partial charge in [-0.3, -0.25) is 9.59 Å². The van der Waals surface area contributed by atoms with Crippen molar-refractivity contribution in [3.63, 3.8) is 0 Å². The van der Waals surface area contributed by atoms with E-state index < -0.39 is 17.7 Å². The van der Waals surface area contributed by atoms with Crippen LogP contribution in [-0.4, -0.2) is 59.4 Å². The fourth-order valence-corrected chi connectivity index (χ4v) is 4.26. The molecule has 0 aliphatic carbocycles. The van der Waals surface area contributed by atoms with Crippen LogP contribution in [-0.2, 0) is 9.59 Å². The van der Waals surface area contributed by atoms with Gasteiger partial charge in [0, 0.05) is 18.7 Å². The highest BCUT2D eigenvalue weighted by Crippen LogP contribution is 2.39. The van der Waals surface area contributed by atoms with E-state index in [4.69, 9.17) is 4.74 Å². The van der Waals surface area contributed by atoms with Gasteiger partial charge in [-0.25, -0.2) is 0 Å². The van der Waals surface area contributed by atoms with E-state index in [0.717, 1.165) is 35.5 Å². The SMILES string of the molecule is CCOc1ccc(/C(O)=C2/C(=O)C(=O)N(CCN(CC)CC)C2c2ccc(C)cc2)cc1C. The van der Waals surface area contributed by atoms with Crippen molar-refractivity contribution in [2.75, 3.05) is 32.8 Å². The number of benzene rings is 2. The molecule has 1 fully saturated rings. The van der Waals surface area contributed by atoms with Crippen LogP contribution in [0.15, 0.2) is 48.0 Å². The van der Waals surface area contributed by atoms with E-state index in [1.807, 2.05) is 45.0 Å². The molecule has 0 saturated carbocycles. The number of aliphatic hydroxyl groups excluding tert-OH is 1. The van der Waals surface area contributed by atoms with Crippen LogP contribution >= 0.6 is 0 Å². The number of aryl methyl sites for hydroxylation is 2. The van der Waals surface area contributed by atoms with E-state index in [9.17, 15) is 14.7 Å². The summed E-state index contributed by atoms with van der Waals surface area (Å²) in [7, 11) is 0. The molecule has 1 aliphatic heterocycles. The fourth-order valence-electron chi connectivity index (χ4n) is 4.26. The molecule has 0 spiro atoms. The topological polar surface area (TPSA) is 70.1 Å². The van der Waals surface area contributed by atoms with Gasteiger partial charge in [0.2, 0.25) is 0 Å². The monoisotopic (exact) mass is 450 g/mol. The van der Waals surface area contributed by atoms with Crippen LogP contribution in [0.3, 0.4) is 0 Å². The van der Waals surface area contributed by atoms with Gasteiger partial charge < -0.3 is 19.6 Å². The molecule has 6 nitrogen and oxygen atoms in total. The second-order valence-corrected chi connectivity index (χ2v) is 8.34. The molecule has 1 amide bonds. The van der Waals surface area contributed by atoms with Crippen LogP contribution in [0.2, 0.25) is 0 Å².